The van der Waals surface area contributed by atoms with Gasteiger partial charge in [0.05, 0.1) is 12.0 Å². The van der Waals surface area contributed by atoms with Crippen LogP contribution in [0.3, 0.4) is 0 Å². The number of esters is 1. The number of hydrogen-bond donors (Lipinski definition) is 1. The van der Waals surface area contributed by atoms with Gasteiger partial charge in [0.1, 0.15) is 29.0 Å². The molecule has 4 rings (SSSR count). The van der Waals surface area contributed by atoms with Crippen LogP contribution in [0.2, 0.25) is 0 Å². The predicted octanol–water partition coefficient (Wildman–Crippen LogP) is 4.03. The van der Waals surface area contributed by atoms with E-state index in [9.17, 15) is 23.2 Å². The van der Waals surface area contributed by atoms with Gasteiger partial charge < -0.3 is 14.9 Å². The molecule has 0 saturated heterocycles. The van der Waals surface area contributed by atoms with Crippen molar-refractivity contribution in [1.82, 2.24) is 4.98 Å². The van der Waals surface area contributed by atoms with Crippen LogP contribution in [0, 0.1) is 11.3 Å². The number of benzene rings is 1. The number of ether oxygens (including phenoxy) is 1. The second-order valence-corrected chi connectivity index (χ2v) is 6.33. The smallest absolute Gasteiger partial charge is 0.464 e. The lowest BCUT2D eigenvalue weighted by Gasteiger charge is -2.24. The molecule has 2 N–H and O–H groups in total. The van der Waals surface area contributed by atoms with Gasteiger partial charge in [-0.1, -0.05) is 12.1 Å². The zero-order valence-electron chi connectivity index (χ0n) is 14.7. The first-order valence-corrected chi connectivity index (χ1v) is 8.49. The number of aromatic nitrogens is 1. The Morgan fingerprint density at radius 3 is 2.62 bits per heavy atom. The highest BCUT2D eigenvalue weighted by molar-refractivity contribution is 5.86. The predicted molar refractivity (Wildman–Crippen MR) is 95.6 cm³/mol. The van der Waals surface area contributed by atoms with Crippen molar-refractivity contribution in [2.24, 2.45) is 0 Å². The van der Waals surface area contributed by atoms with Gasteiger partial charge in [-0.25, -0.2) is 9.78 Å². The number of halogens is 3. The monoisotopic (exact) mass is 399 g/mol. The highest BCUT2D eigenvalue weighted by Crippen LogP contribution is 2.43. The summed E-state index contributed by atoms with van der Waals surface area (Å²) in [6.07, 6.45) is -3.01. The maximum Gasteiger partial charge on any atom is 0.491 e. The van der Waals surface area contributed by atoms with Crippen LogP contribution in [0.25, 0.3) is 22.6 Å². The SMILES string of the molecule is N#Cc1c(N)nc2c(c1-c1ccco1)CCc1c(OC(=O)C(F)(F)F)cccc1-2. The van der Waals surface area contributed by atoms with Gasteiger partial charge >= 0.3 is 12.1 Å². The first-order valence-electron chi connectivity index (χ1n) is 8.49. The lowest BCUT2D eigenvalue weighted by atomic mass is 9.84. The number of hydrogen-bond acceptors (Lipinski definition) is 6. The standard InChI is InChI=1S/C20H12F3N3O3/c21-20(22,23)19(27)29-14-4-1-3-11-10(14)6-7-12-16(15-5-2-8-28-15)13(9-24)18(25)26-17(11)12/h1-5,8H,6-7H2,(H2,25,26). The number of furan rings is 1. The molecule has 146 valence electrons. The quantitative estimate of drug-likeness (QED) is 0.516. The molecule has 6 nitrogen and oxygen atoms in total. The minimum Gasteiger partial charge on any atom is -0.464 e. The zero-order chi connectivity index (χ0) is 20.8. The summed E-state index contributed by atoms with van der Waals surface area (Å²) in [6.45, 7) is 0. The van der Waals surface area contributed by atoms with Crippen LogP contribution in [0.4, 0.5) is 19.0 Å². The van der Waals surface area contributed by atoms with E-state index >= 15 is 0 Å². The van der Waals surface area contributed by atoms with Gasteiger partial charge in [0.15, 0.2) is 0 Å². The Morgan fingerprint density at radius 2 is 1.97 bits per heavy atom. The molecule has 1 aliphatic carbocycles. The van der Waals surface area contributed by atoms with Gasteiger partial charge in [0.2, 0.25) is 0 Å². The summed E-state index contributed by atoms with van der Waals surface area (Å²) in [5, 5.41) is 9.54. The number of carbonyl (C=O) groups is 1. The van der Waals surface area contributed by atoms with Crippen LogP contribution in [0.1, 0.15) is 16.7 Å². The fraction of sp³-hybridized carbons (Fsp3) is 0.150. The van der Waals surface area contributed by atoms with Gasteiger partial charge in [0, 0.05) is 16.7 Å². The zero-order valence-corrected chi connectivity index (χ0v) is 14.7. The van der Waals surface area contributed by atoms with Crippen molar-refractivity contribution in [2.75, 3.05) is 5.73 Å². The maximum atomic E-state index is 12.6. The minimum absolute atomic E-state index is 0.0248. The molecule has 9 heteroatoms. The molecule has 0 fully saturated rings. The number of carbonyl (C=O) groups excluding carboxylic acids is 1. The van der Waals surface area contributed by atoms with E-state index in [4.69, 9.17) is 10.2 Å². The van der Waals surface area contributed by atoms with Crippen molar-refractivity contribution in [2.45, 2.75) is 19.0 Å². The van der Waals surface area contributed by atoms with Crippen LogP contribution < -0.4 is 10.5 Å². The second kappa shape index (κ2) is 6.67. The van der Waals surface area contributed by atoms with Gasteiger partial charge in [-0.15, -0.1) is 0 Å². The number of nitrogens with two attached hydrogens (primary N) is 1. The molecule has 1 aromatic carbocycles. The largest absolute Gasteiger partial charge is 0.491 e. The van der Waals surface area contributed by atoms with E-state index in [1.54, 1.807) is 18.2 Å². The molecule has 0 aliphatic heterocycles. The number of anilines is 1. The fourth-order valence-electron chi connectivity index (χ4n) is 3.46. The summed E-state index contributed by atoms with van der Waals surface area (Å²) < 4.78 is 47.9. The molecule has 0 amide bonds. The third kappa shape index (κ3) is 3.08. The molecule has 29 heavy (non-hydrogen) atoms. The molecule has 0 spiro atoms. The van der Waals surface area contributed by atoms with Crippen LogP contribution in [-0.2, 0) is 17.6 Å². The molecule has 0 radical (unpaired) electrons. The van der Waals surface area contributed by atoms with Crippen molar-refractivity contribution < 1.29 is 27.1 Å². The summed E-state index contributed by atoms with van der Waals surface area (Å²) in [6, 6.07) is 9.82. The van der Waals surface area contributed by atoms with Gasteiger partial charge in [-0.05, 0) is 36.6 Å². The van der Waals surface area contributed by atoms with Crippen molar-refractivity contribution >= 4 is 11.8 Å². The number of nitriles is 1. The van der Waals surface area contributed by atoms with Crippen molar-refractivity contribution in [3.8, 4) is 34.4 Å². The Labute approximate surface area is 162 Å². The summed E-state index contributed by atoms with van der Waals surface area (Å²) in [5.41, 5.74) is 8.67. The number of fused-ring (bicyclic) bond motifs is 3. The molecular weight excluding hydrogens is 387 g/mol. The molecule has 0 unspecified atom stereocenters. The van der Waals surface area contributed by atoms with Crippen LogP contribution in [0.5, 0.6) is 5.75 Å². The Balaban J connectivity index is 1.90. The Bertz CT molecular complexity index is 1160. The van der Waals surface area contributed by atoms with Gasteiger partial charge in [0.25, 0.3) is 0 Å². The average Bonchev–Trinajstić information content (AvgIpc) is 3.20. The van der Waals surface area contributed by atoms with Crippen LogP contribution >= 0.6 is 0 Å². The summed E-state index contributed by atoms with van der Waals surface area (Å²) in [4.78, 5) is 15.6. The van der Waals surface area contributed by atoms with E-state index < -0.39 is 12.1 Å². The third-order valence-electron chi connectivity index (χ3n) is 4.65. The number of nitrogen functional groups attached to an aromatic ring is 1. The fourth-order valence-corrected chi connectivity index (χ4v) is 3.46. The molecule has 3 aromatic rings. The lowest BCUT2D eigenvalue weighted by Crippen LogP contribution is -2.28. The summed E-state index contributed by atoms with van der Waals surface area (Å²) in [5.74, 6) is -2.06. The highest BCUT2D eigenvalue weighted by atomic mass is 19.4. The van der Waals surface area contributed by atoms with Crippen molar-refractivity contribution in [3.63, 3.8) is 0 Å². The van der Waals surface area contributed by atoms with E-state index in [1.807, 2.05) is 6.07 Å². The second-order valence-electron chi connectivity index (χ2n) is 6.33. The topological polar surface area (TPSA) is 102 Å². The molecule has 2 heterocycles. The Morgan fingerprint density at radius 1 is 1.21 bits per heavy atom. The normalized spacial score (nSPS) is 12.6. The highest BCUT2D eigenvalue weighted by Gasteiger charge is 2.42. The first-order chi connectivity index (χ1) is 13.8. The van der Waals surface area contributed by atoms with Gasteiger partial charge in [-0.2, -0.15) is 18.4 Å². The van der Waals surface area contributed by atoms with Crippen molar-refractivity contribution in [1.29, 1.82) is 5.26 Å². The molecule has 0 atom stereocenters. The van der Waals surface area contributed by atoms with E-state index in [0.29, 0.717) is 40.1 Å². The Kier molecular flexibility index (Phi) is 4.27. The molecule has 2 aromatic heterocycles. The summed E-state index contributed by atoms with van der Waals surface area (Å²) >= 11 is 0. The number of alkyl halides is 3. The van der Waals surface area contributed by atoms with Crippen LogP contribution in [0.15, 0.2) is 41.0 Å². The lowest BCUT2D eigenvalue weighted by molar-refractivity contribution is -0.189. The number of pyridine rings is 1. The minimum atomic E-state index is -5.11. The number of nitrogens with zero attached hydrogens (tertiary/aromatic N) is 2. The Hall–Kier alpha value is -3.80. The number of rotatable bonds is 2. The van der Waals surface area contributed by atoms with Crippen LogP contribution in [-0.4, -0.2) is 17.1 Å². The average molecular weight is 399 g/mol. The summed E-state index contributed by atoms with van der Waals surface area (Å²) in [7, 11) is 0. The maximum absolute atomic E-state index is 12.6. The van der Waals surface area contributed by atoms with E-state index in [-0.39, 0.29) is 23.6 Å². The van der Waals surface area contributed by atoms with E-state index in [2.05, 4.69) is 9.72 Å². The molecule has 1 aliphatic rings. The molecule has 0 saturated carbocycles. The molecule has 0 bridgehead atoms. The first kappa shape index (κ1) is 18.6. The van der Waals surface area contributed by atoms with Crippen molar-refractivity contribution in [3.05, 3.63) is 53.3 Å². The third-order valence-corrected chi connectivity index (χ3v) is 4.65. The van der Waals surface area contributed by atoms with E-state index in [0.717, 1.165) is 0 Å². The van der Waals surface area contributed by atoms with E-state index in [1.165, 1.54) is 18.4 Å². The molecular formula is C20H12F3N3O3. The van der Waals surface area contributed by atoms with Gasteiger partial charge in [-0.3, -0.25) is 0 Å².